The summed E-state index contributed by atoms with van der Waals surface area (Å²) < 4.78 is 29.4. The number of hydrogen-bond acceptors (Lipinski definition) is 4. The minimum atomic E-state index is -4.10. The number of carbonyl (C=O) groups is 2. The van der Waals surface area contributed by atoms with Crippen LogP contribution in [0.2, 0.25) is 0 Å². The average Bonchev–Trinajstić information content (AvgIpc) is 2.97. The van der Waals surface area contributed by atoms with Crippen molar-refractivity contribution in [3.05, 3.63) is 94.5 Å². The highest BCUT2D eigenvalue weighted by Crippen LogP contribution is 2.29. The second-order valence-electron chi connectivity index (χ2n) is 11.5. The van der Waals surface area contributed by atoms with E-state index in [1.54, 1.807) is 43.3 Å². The van der Waals surface area contributed by atoms with Crippen LogP contribution in [0.1, 0.15) is 66.8 Å². The van der Waals surface area contributed by atoms with E-state index in [-0.39, 0.29) is 23.4 Å². The first-order chi connectivity index (χ1) is 20.0. The highest BCUT2D eigenvalue weighted by Gasteiger charge is 2.34. The third kappa shape index (κ3) is 7.21. The molecule has 1 saturated carbocycles. The van der Waals surface area contributed by atoms with Crippen molar-refractivity contribution >= 4 is 27.5 Å². The topological polar surface area (TPSA) is 86.8 Å². The number of nitrogens with zero attached hydrogens (tertiary/aromatic N) is 2. The van der Waals surface area contributed by atoms with Crippen molar-refractivity contribution in [2.45, 2.75) is 90.2 Å². The van der Waals surface area contributed by atoms with Gasteiger partial charge in [-0.1, -0.05) is 73.4 Å². The quantitative estimate of drug-likeness (QED) is 0.315. The van der Waals surface area contributed by atoms with E-state index in [4.69, 9.17) is 0 Å². The second kappa shape index (κ2) is 13.6. The molecule has 1 aliphatic rings. The molecule has 1 aliphatic carbocycles. The molecule has 0 saturated heterocycles. The highest BCUT2D eigenvalue weighted by atomic mass is 32.2. The molecular formula is C34H43N3O4S. The second-order valence-corrected chi connectivity index (χ2v) is 13.4. The molecule has 42 heavy (non-hydrogen) atoms. The monoisotopic (exact) mass is 589 g/mol. The van der Waals surface area contributed by atoms with Crippen molar-refractivity contribution in [2.24, 2.45) is 0 Å². The summed E-state index contributed by atoms with van der Waals surface area (Å²) in [6.07, 6.45) is 5.18. The number of benzene rings is 3. The van der Waals surface area contributed by atoms with Crippen LogP contribution in [0.3, 0.4) is 0 Å². The van der Waals surface area contributed by atoms with E-state index in [1.807, 2.05) is 58.0 Å². The fourth-order valence-corrected chi connectivity index (χ4v) is 6.95. The summed E-state index contributed by atoms with van der Waals surface area (Å²) in [5.41, 5.74) is 4.97. The molecule has 1 fully saturated rings. The molecule has 3 aromatic carbocycles. The number of sulfonamides is 1. The number of aryl methyl sites for hydroxylation is 3. The molecule has 0 aliphatic heterocycles. The van der Waals surface area contributed by atoms with E-state index in [9.17, 15) is 18.0 Å². The van der Waals surface area contributed by atoms with Crippen LogP contribution in [0.25, 0.3) is 0 Å². The molecule has 2 amide bonds. The summed E-state index contributed by atoms with van der Waals surface area (Å²) >= 11 is 0. The van der Waals surface area contributed by atoms with Gasteiger partial charge in [-0.05, 0) is 87.9 Å². The van der Waals surface area contributed by atoms with E-state index in [1.165, 1.54) is 15.6 Å². The Morgan fingerprint density at radius 2 is 1.50 bits per heavy atom. The molecule has 1 atom stereocenters. The Labute approximate surface area is 251 Å². The maximum absolute atomic E-state index is 14.2. The van der Waals surface area contributed by atoms with Crippen molar-refractivity contribution in [1.29, 1.82) is 0 Å². The zero-order valence-corrected chi connectivity index (χ0v) is 26.2. The van der Waals surface area contributed by atoms with Crippen LogP contribution in [0.5, 0.6) is 0 Å². The Kier molecular flexibility index (Phi) is 10.1. The summed E-state index contributed by atoms with van der Waals surface area (Å²) in [4.78, 5) is 29.4. The molecule has 4 rings (SSSR count). The normalized spacial score (nSPS) is 14.7. The molecular weight excluding hydrogens is 546 g/mol. The lowest BCUT2D eigenvalue weighted by molar-refractivity contribution is -0.139. The van der Waals surface area contributed by atoms with E-state index in [0.717, 1.165) is 53.5 Å². The minimum absolute atomic E-state index is 0.0949. The smallest absolute Gasteiger partial charge is 0.264 e. The van der Waals surface area contributed by atoms with Gasteiger partial charge in [-0.3, -0.25) is 13.9 Å². The van der Waals surface area contributed by atoms with Gasteiger partial charge in [-0.2, -0.15) is 0 Å². The third-order valence-electron chi connectivity index (χ3n) is 8.45. The lowest BCUT2D eigenvalue weighted by Crippen LogP contribution is -2.53. The maximum atomic E-state index is 14.2. The molecule has 7 nitrogen and oxygen atoms in total. The summed E-state index contributed by atoms with van der Waals surface area (Å²) in [5, 5.41) is 3.15. The van der Waals surface area contributed by atoms with Gasteiger partial charge < -0.3 is 10.2 Å². The molecule has 0 spiro atoms. The molecule has 0 aromatic heterocycles. The fraction of sp³-hybridized carbons (Fsp3) is 0.412. The minimum Gasteiger partial charge on any atom is -0.352 e. The van der Waals surface area contributed by atoms with E-state index in [2.05, 4.69) is 5.32 Å². The molecule has 1 unspecified atom stereocenters. The van der Waals surface area contributed by atoms with Crippen LogP contribution in [0, 0.1) is 27.7 Å². The van der Waals surface area contributed by atoms with Crippen LogP contribution < -0.4 is 9.62 Å². The first kappa shape index (κ1) is 31.3. The molecule has 0 radical (unpaired) electrons. The first-order valence-electron chi connectivity index (χ1n) is 14.8. The summed E-state index contributed by atoms with van der Waals surface area (Å²) in [6.45, 7) is 9.12. The van der Waals surface area contributed by atoms with Crippen LogP contribution >= 0.6 is 0 Å². The summed E-state index contributed by atoms with van der Waals surface area (Å²) in [7, 11) is -4.10. The van der Waals surface area contributed by atoms with Gasteiger partial charge in [0.15, 0.2) is 0 Å². The van der Waals surface area contributed by atoms with Crippen molar-refractivity contribution in [3.63, 3.8) is 0 Å². The molecule has 1 N–H and O–H groups in total. The maximum Gasteiger partial charge on any atom is 0.264 e. The first-order valence-corrected chi connectivity index (χ1v) is 16.2. The molecule has 3 aromatic rings. The Hall–Kier alpha value is -3.65. The van der Waals surface area contributed by atoms with Crippen LogP contribution in [0.4, 0.5) is 5.69 Å². The Balaban J connectivity index is 1.72. The summed E-state index contributed by atoms with van der Waals surface area (Å²) in [6, 6.07) is 19.1. The molecule has 224 valence electrons. The number of amides is 2. The number of hydrogen-bond donors (Lipinski definition) is 1. The zero-order chi connectivity index (χ0) is 30.4. The van der Waals surface area contributed by atoms with Crippen molar-refractivity contribution in [3.8, 4) is 0 Å². The van der Waals surface area contributed by atoms with Gasteiger partial charge in [-0.25, -0.2) is 8.42 Å². The Morgan fingerprint density at radius 3 is 2.17 bits per heavy atom. The van der Waals surface area contributed by atoms with Crippen molar-refractivity contribution < 1.29 is 18.0 Å². The van der Waals surface area contributed by atoms with Crippen molar-refractivity contribution in [2.75, 3.05) is 10.8 Å². The van der Waals surface area contributed by atoms with Crippen LogP contribution in [-0.2, 0) is 26.2 Å². The predicted octanol–water partition coefficient (Wildman–Crippen LogP) is 5.98. The fourth-order valence-electron chi connectivity index (χ4n) is 5.48. The van der Waals surface area contributed by atoms with Gasteiger partial charge >= 0.3 is 0 Å². The molecule has 8 heteroatoms. The highest BCUT2D eigenvalue weighted by molar-refractivity contribution is 7.92. The van der Waals surface area contributed by atoms with E-state index in [0.29, 0.717) is 5.69 Å². The van der Waals surface area contributed by atoms with Gasteiger partial charge in [-0.15, -0.1) is 0 Å². The van der Waals surface area contributed by atoms with E-state index < -0.39 is 28.5 Å². The summed E-state index contributed by atoms with van der Waals surface area (Å²) in [5.74, 6) is -0.662. The van der Waals surface area contributed by atoms with Gasteiger partial charge in [0.25, 0.3) is 10.0 Å². The van der Waals surface area contributed by atoms with E-state index >= 15 is 0 Å². The zero-order valence-electron chi connectivity index (χ0n) is 25.4. The Bertz CT molecular complexity index is 1510. The number of nitrogens with one attached hydrogen (secondary N) is 1. The number of anilines is 1. The lowest BCUT2D eigenvalue weighted by atomic mass is 9.95. The number of rotatable bonds is 10. The number of carbonyl (C=O) groups excluding carboxylic acids is 2. The SMILES string of the molecule is Cc1ccc(S(=O)(=O)N(CC(=O)N(Cc2ccccc2C)C(C)C(=O)NC2CCCCC2)c2cccc(C)c2C)cc1. The van der Waals surface area contributed by atoms with Crippen LogP contribution in [0.15, 0.2) is 71.6 Å². The largest absolute Gasteiger partial charge is 0.352 e. The van der Waals surface area contributed by atoms with Gasteiger partial charge in [0.1, 0.15) is 12.6 Å². The lowest BCUT2D eigenvalue weighted by Gasteiger charge is -2.34. The van der Waals surface area contributed by atoms with Crippen molar-refractivity contribution in [1.82, 2.24) is 10.2 Å². The predicted molar refractivity (Wildman–Crippen MR) is 168 cm³/mol. The average molecular weight is 590 g/mol. The Morgan fingerprint density at radius 1 is 0.857 bits per heavy atom. The van der Waals surface area contributed by atoms with Crippen LogP contribution in [-0.4, -0.2) is 43.8 Å². The molecule has 0 heterocycles. The van der Waals surface area contributed by atoms with Gasteiger partial charge in [0, 0.05) is 12.6 Å². The van der Waals surface area contributed by atoms with Gasteiger partial charge in [0.2, 0.25) is 11.8 Å². The standard InChI is InChI=1S/C34H43N3O4S/c1-24-18-20-31(21-19-24)42(40,41)37(32-17-11-13-25(2)27(32)4)23-33(38)36(22-29-14-10-9-12-26(29)3)28(5)34(39)35-30-15-7-6-8-16-30/h9-14,17-21,28,30H,6-8,15-16,22-23H2,1-5H3,(H,35,39). The molecule has 0 bridgehead atoms. The third-order valence-corrected chi connectivity index (χ3v) is 10.2. The van der Waals surface area contributed by atoms with Gasteiger partial charge in [0.05, 0.1) is 10.6 Å².